The van der Waals surface area contributed by atoms with E-state index in [1.807, 2.05) is 4.90 Å². The van der Waals surface area contributed by atoms with E-state index in [0.29, 0.717) is 25.4 Å². The van der Waals surface area contributed by atoms with E-state index in [-0.39, 0.29) is 18.4 Å². The Morgan fingerprint density at radius 1 is 1.25 bits per heavy atom. The number of amides is 1. The summed E-state index contributed by atoms with van der Waals surface area (Å²) < 4.78 is 16.3. The predicted octanol–water partition coefficient (Wildman–Crippen LogP) is 2.63. The maximum atomic E-state index is 12.8. The summed E-state index contributed by atoms with van der Waals surface area (Å²) in [6.07, 6.45) is 6.22. The highest BCUT2D eigenvalue weighted by Gasteiger charge is 2.30. The molecule has 2 saturated heterocycles. The molecule has 3 heterocycles. The zero-order chi connectivity index (χ0) is 16.8. The quantitative estimate of drug-likeness (QED) is 0.894. The Labute approximate surface area is 142 Å². The number of aliphatic hydroxyl groups is 1. The molecule has 0 aromatic carbocycles. The summed E-state index contributed by atoms with van der Waals surface area (Å²) in [5.41, 5.74) is 0. The van der Waals surface area contributed by atoms with Gasteiger partial charge in [-0.15, -0.1) is 0 Å². The Morgan fingerprint density at radius 3 is 2.83 bits per heavy atom. The van der Waals surface area contributed by atoms with Crippen molar-refractivity contribution in [3.63, 3.8) is 0 Å². The molecule has 3 rings (SSSR count). The van der Waals surface area contributed by atoms with E-state index in [1.165, 1.54) is 0 Å². The van der Waals surface area contributed by atoms with Gasteiger partial charge in [0.2, 0.25) is 5.91 Å². The van der Waals surface area contributed by atoms with Crippen molar-refractivity contribution in [2.75, 3.05) is 19.8 Å². The van der Waals surface area contributed by atoms with Gasteiger partial charge in [-0.1, -0.05) is 12.8 Å². The third-order valence-electron chi connectivity index (χ3n) is 4.80. The summed E-state index contributed by atoms with van der Waals surface area (Å²) in [6, 6.07) is 3.58. The summed E-state index contributed by atoms with van der Waals surface area (Å²) in [5, 5.41) is 10.4. The molecule has 0 unspecified atom stereocenters. The standard InChI is InChI=1S/C18H27NO5/c20-15(16-7-4-9-22-16)12-14-6-2-1-3-8-19(14)17(21)13-18-23-10-5-11-24-18/h4,7,9,14-15,18,20H,1-3,5-6,8,10-13H2/t14-,15-/m0/s1. The molecule has 134 valence electrons. The second-order valence-electron chi connectivity index (χ2n) is 6.59. The fourth-order valence-electron chi connectivity index (χ4n) is 3.52. The van der Waals surface area contributed by atoms with E-state index in [1.54, 1.807) is 18.4 Å². The highest BCUT2D eigenvalue weighted by molar-refractivity contribution is 5.77. The van der Waals surface area contributed by atoms with Crippen molar-refractivity contribution in [1.82, 2.24) is 4.90 Å². The average Bonchev–Trinajstić information content (AvgIpc) is 3.03. The molecule has 0 saturated carbocycles. The Balaban J connectivity index is 1.61. The molecule has 2 atom stereocenters. The fraction of sp³-hybridized carbons (Fsp3) is 0.722. The van der Waals surface area contributed by atoms with Crippen LogP contribution in [0.25, 0.3) is 0 Å². The van der Waals surface area contributed by atoms with Gasteiger partial charge in [0.25, 0.3) is 0 Å². The second-order valence-corrected chi connectivity index (χ2v) is 6.59. The number of furan rings is 1. The first-order valence-corrected chi connectivity index (χ1v) is 8.98. The Bertz CT molecular complexity index is 498. The van der Waals surface area contributed by atoms with Crippen LogP contribution in [0.5, 0.6) is 0 Å². The highest BCUT2D eigenvalue weighted by Crippen LogP contribution is 2.27. The number of carbonyl (C=O) groups excluding carboxylic acids is 1. The molecule has 1 N–H and O–H groups in total. The zero-order valence-electron chi connectivity index (χ0n) is 14.1. The minimum Gasteiger partial charge on any atom is -0.467 e. The maximum Gasteiger partial charge on any atom is 0.227 e. The van der Waals surface area contributed by atoms with Crippen molar-refractivity contribution in [3.8, 4) is 0 Å². The van der Waals surface area contributed by atoms with Gasteiger partial charge in [0.15, 0.2) is 6.29 Å². The summed E-state index contributed by atoms with van der Waals surface area (Å²) in [5.74, 6) is 0.617. The number of nitrogens with zero attached hydrogens (tertiary/aromatic N) is 1. The number of ether oxygens (including phenoxy) is 2. The van der Waals surface area contributed by atoms with Crippen LogP contribution in [0.4, 0.5) is 0 Å². The maximum absolute atomic E-state index is 12.8. The fourth-order valence-corrected chi connectivity index (χ4v) is 3.52. The lowest BCUT2D eigenvalue weighted by Crippen LogP contribution is -2.43. The third kappa shape index (κ3) is 4.59. The molecule has 24 heavy (non-hydrogen) atoms. The molecule has 0 bridgehead atoms. The van der Waals surface area contributed by atoms with Crippen molar-refractivity contribution in [2.24, 2.45) is 0 Å². The minimum absolute atomic E-state index is 0.0312. The average molecular weight is 337 g/mol. The number of hydrogen-bond donors (Lipinski definition) is 1. The second kappa shape index (κ2) is 8.65. The van der Waals surface area contributed by atoms with Crippen molar-refractivity contribution in [3.05, 3.63) is 24.2 Å². The van der Waals surface area contributed by atoms with Crippen molar-refractivity contribution in [1.29, 1.82) is 0 Å². The van der Waals surface area contributed by atoms with Gasteiger partial charge in [-0.2, -0.15) is 0 Å². The van der Waals surface area contributed by atoms with E-state index >= 15 is 0 Å². The van der Waals surface area contributed by atoms with E-state index in [9.17, 15) is 9.90 Å². The molecule has 2 aliphatic rings. The van der Waals surface area contributed by atoms with Gasteiger partial charge in [0.1, 0.15) is 11.9 Å². The first-order chi connectivity index (χ1) is 11.7. The molecule has 6 heteroatoms. The number of likely N-dealkylation sites (tertiary alicyclic amines) is 1. The van der Waals surface area contributed by atoms with Gasteiger partial charge in [-0.05, 0) is 31.4 Å². The van der Waals surface area contributed by atoms with Crippen LogP contribution in [0.3, 0.4) is 0 Å². The van der Waals surface area contributed by atoms with Gasteiger partial charge >= 0.3 is 0 Å². The zero-order valence-corrected chi connectivity index (χ0v) is 14.1. The SMILES string of the molecule is O=C(CC1OCCCO1)N1CCCCC[C@H]1C[C@H](O)c1ccco1. The largest absolute Gasteiger partial charge is 0.467 e. The first-order valence-electron chi connectivity index (χ1n) is 8.98. The van der Waals surface area contributed by atoms with Gasteiger partial charge in [0.05, 0.1) is 25.9 Å². The van der Waals surface area contributed by atoms with Crippen LogP contribution in [0.1, 0.15) is 56.8 Å². The Morgan fingerprint density at radius 2 is 2.08 bits per heavy atom. The monoisotopic (exact) mass is 337 g/mol. The third-order valence-corrected chi connectivity index (χ3v) is 4.80. The number of rotatable bonds is 5. The van der Waals surface area contributed by atoms with E-state index < -0.39 is 12.4 Å². The van der Waals surface area contributed by atoms with Crippen molar-refractivity contribution in [2.45, 2.75) is 63.4 Å². The highest BCUT2D eigenvalue weighted by atomic mass is 16.7. The van der Waals surface area contributed by atoms with E-state index in [2.05, 4.69) is 0 Å². The molecule has 2 aliphatic heterocycles. The van der Waals surface area contributed by atoms with E-state index in [0.717, 1.165) is 38.6 Å². The van der Waals surface area contributed by atoms with Crippen LogP contribution in [0.15, 0.2) is 22.8 Å². The number of aliphatic hydroxyl groups excluding tert-OH is 1. The molecular formula is C18H27NO5. The van der Waals surface area contributed by atoms with Gasteiger partial charge in [0, 0.05) is 19.0 Å². The summed E-state index contributed by atoms with van der Waals surface area (Å²) in [6.45, 7) is 2.04. The lowest BCUT2D eigenvalue weighted by Gasteiger charge is -2.33. The molecule has 0 spiro atoms. The summed E-state index contributed by atoms with van der Waals surface area (Å²) in [4.78, 5) is 14.7. The molecule has 2 fully saturated rings. The predicted molar refractivity (Wildman–Crippen MR) is 87.2 cm³/mol. The Kier molecular flexibility index (Phi) is 6.29. The first kappa shape index (κ1) is 17.5. The van der Waals surface area contributed by atoms with Gasteiger partial charge < -0.3 is 23.9 Å². The van der Waals surface area contributed by atoms with Gasteiger partial charge in [-0.25, -0.2) is 0 Å². The number of hydrogen-bond acceptors (Lipinski definition) is 5. The molecule has 1 aromatic heterocycles. The molecule has 1 amide bonds. The lowest BCUT2D eigenvalue weighted by molar-refractivity contribution is -0.187. The molecule has 0 radical (unpaired) electrons. The van der Waals surface area contributed by atoms with Crippen LogP contribution in [0.2, 0.25) is 0 Å². The number of carbonyl (C=O) groups is 1. The van der Waals surface area contributed by atoms with Crippen LogP contribution < -0.4 is 0 Å². The molecule has 0 aliphatic carbocycles. The molecule has 1 aromatic rings. The smallest absolute Gasteiger partial charge is 0.227 e. The van der Waals surface area contributed by atoms with Crippen LogP contribution in [-0.2, 0) is 14.3 Å². The molecule has 6 nitrogen and oxygen atoms in total. The van der Waals surface area contributed by atoms with E-state index in [4.69, 9.17) is 13.9 Å². The lowest BCUT2D eigenvalue weighted by atomic mass is 10.0. The Hall–Kier alpha value is -1.37. The summed E-state index contributed by atoms with van der Waals surface area (Å²) in [7, 11) is 0. The van der Waals surface area contributed by atoms with Crippen LogP contribution >= 0.6 is 0 Å². The minimum atomic E-state index is -0.680. The van der Waals surface area contributed by atoms with Crippen LogP contribution in [-0.4, -0.2) is 48.0 Å². The van der Waals surface area contributed by atoms with Crippen LogP contribution in [0, 0.1) is 0 Å². The normalized spacial score (nSPS) is 24.5. The molecular weight excluding hydrogens is 310 g/mol. The summed E-state index contributed by atoms with van der Waals surface area (Å²) >= 11 is 0. The topological polar surface area (TPSA) is 72.1 Å². The van der Waals surface area contributed by atoms with Crippen molar-refractivity contribution >= 4 is 5.91 Å². The van der Waals surface area contributed by atoms with Gasteiger partial charge in [-0.3, -0.25) is 4.79 Å². The van der Waals surface area contributed by atoms with Crippen molar-refractivity contribution < 1.29 is 23.8 Å².